The quantitative estimate of drug-likeness (QED) is 0.848. The molecule has 0 bridgehead atoms. The van der Waals surface area contributed by atoms with Crippen LogP contribution >= 0.6 is 11.3 Å². The Morgan fingerprint density at radius 1 is 1.39 bits per heavy atom. The van der Waals surface area contributed by atoms with Crippen LogP contribution in [0.25, 0.3) is 0 Å². The Hall–Kier alpha value is -0.380. The van der Waals surface area contributed by atoms with E-state index in [1.807, 2.05) is 11.3 Å². The molecule has 0 aromatic carbocycles. The van der Waals surface area contributed by atoms with Crippen LogP contribution < -0.4 is 5.32 Å². The first-order chi connectivity index (χ1) is 8.65. The first kappa shape index (κ1) is 14.0. The first-order valence-corrected chi connectivity index (χ1v) is 7.99. The van der Waals surface area contributed by atoms with E-state index in [9.17, 15) is 0 Å². The summed E-state index contributed by atoms with van der Waals surface area (Å²) in [6.07, 6.45) is 2.74. The van der Waals surface area contributed by atoms with E-state index in [-0.39, 0.29) is 0 Å². The molecule has 0 radical (unpaired) electrons. The molecule has 102 valence electrons. The Kier molecular flexibility index (Phi) is 5.22. The topological polar surface area (TPSA) is 15.3 Å². The molecule has 0 saturated carbocycles. The van der Waals surface area contributed by atoms with Gasteiger partial charge in [-0.2, -0.15) is 0 Å². The molecule has 2 nitrogen and oxygen atoms in total. The first-order valence-electron chi connectivity index (χ1n) is 7.17. The number of thiophene rings is 1. The summed E-state index contributed by atoms with van der Waals surface area (Å²) in [5.74, 6) is 0.731. The second kappa shape index (κ2) is 6.69. The van der Waals surface area contributed by atoms with Gasteiger partial charge in [-0.1, -0.05) is 13.8 Å². The minimum Gasteiger partial charge on any atom is -0.312 e. The maximum absolute atomic E-state index is 3.51. The zero-order valence-electron chi connectivity index (χ0n) is 11.9. The van der Waals surface area contributed by atoms with Crippen LogP contribution in [0.5, 0.6) is 0 Å². The van der Waals surface area contributed by atoms with Crippen LogP contribution in [0, 0.1) is 5.92 Å². The van der Waals surface area contributed by atoms with Gasteiger partial charge in [0.2, 0.25) is 0 Å². The van der Waals surface area contributed by atoms with Gasteiger partial charge in [-0.3, -0.25) is 4.90 Å². The third-order valence-electron chi connectivity index (χ3n) is 3.62. The summed E-state index contributed by atoms with van der Waals surface area (Å²) in [4.78, 5) is 5.60. The third kappa shape index (κ3) is 4.08. The second-order valence-corrected chi connectivity index (χ2v) is 7.11. The van der Waals surface area contributed by atoms with E-state index in [4.69, 9.17) is 0 Å². The van der Waals surface area contributed by atoms with E-state index in [0.717, 1.165) is 31.6 Å². The van der Waals surface area contributed by atoms with Crippen LogP contribution in [0.1, 0.15) is 43.4 Å². The van der Waals surface area contributed by atoms with Crippen molar-refractivity contribution in [2.24, 2.45) is 5.92 Å². The van der Waals surface area contributed by atoms with Crippen LogP contribution in [0.2, 0.25) is 0 Å². The van der Waals surface area contributed by atoms with Crippen molar-refractivity contribution in [3.8, 4) is 0 Å². The summed E-state index contributed by atoms with van der Waals surface area (Å²) in [5.41, 5.74) is 0. The lowest BCUT2D eigenvalue weighted by Gasteiger charge is -2.19. The van der Waals surface area contributed by atoms with Gasteiger partial charge in [0, 0.05) is 28.9 Å². The monoisotopic (exact) mass is 266 g/mol. The molecule has 1 saturated heterocycles. The highest BCUT2D eigenvalue weighted by Crippen LogP contribution is 2.23. The molecule has 3 heteroatoms. The zero-order chi connectivity index (χ0) is 13.0. The van der Waals surface area contributed by atoms with Gasteiger partial charge in [0.1, 0.15) is 0 Å². The van der Waals surface area contributed by atoms with Crippen molar-refractivity contribution in [1.29, 1.82) is 0 Å². The van der Waals surface area contributed by atoms with E-state index < -0.39 is 0 Å². The Morgan fingerprint density at radius 3 is 2.83 bits per heavy atom. The van der Waals surface area contributed by atoms with Crippen molar-refractivity contribution in [3.63, 3.8) is 0 Å². The average molecular weight is 266 g/mol. The van der Waals surface area contributed by atoms with Crippen LogP contribution in [-0.4, -0.2) is 24.0 Å². The van der Waals surface area contributed by atoms with E-state index in [1.165, 1.54) is 29.1 Å². The summed E-state index contributed by atoms with van der Waals surface area (Å²) in [6, 6.07) is 5.37. The van der Waals surface area contributed by atoms with E-state index in [0.29, 0.717) is 0 Å². The van der Waals surface area contributed by atoms with Gasteiger partial charge in [-0.05, 0) is 50.9 Å². The van der Waals surface area contributed by atoms with Gasteiger partial charge in [0.25, 0.3) is 0 Å². The zero-order valence-corrected chi connectivity index (χ0v) is 12.7. The summed E-state index contributed by atoms with van der Waals surface area (Å²) < 4.78 is 0. The summed E-state index contributed by atoms with van der Waals surface area (Å²) >= 11 is 1.97. The van der Waals surface area contributed by atoms with Crippen LogP contribution in [0.3, 0.4) is 0 Å². The molecule has 1 aromatic heterocycles. The molecule has 1 fully saturated rings. The lowest BCUT2D eigenvalue weighted by atomic mass is 10.2. The van der Waals surface area contributed by atoms with E-state index >= 15 is 0 Å². The Bertz CT molecular complexity index is 359. The Morgan fingerprint density at radius 2 is 2.17 bits per heavy atom. The number of likely N-dealkylation sites (tertiary alicyclic amines) is 1. The molecule has 1 N–H and O–H groups in total. The molecule has 1 unspecified atom stereocenters. The predicted molar refractivity (Wildman–Crippen MR) is 80.0 cm³/mol. The van der Waals surface area contributed by atoms with Crippen LogP contribution in [0.15, 0.2) is 12.1 Å². The SMILES string of the molecule is CC(C)CNCc1ccc(CN2CCCC2C)s1. The molecule has 0 spiro atoms. The summed E-state index contributed by atoms with van der Waals surface area (Å²) in [5, 5.41) is 3.51. The normalized spacial score (nSPS) is 21.0. The van der Waals surface area contributed by atoms with Gasteiger partial charge in [-0.25, -0.2) is 0 Å². The van der Waals surface area contributed by atoms with Gasteiger partial charge in [0.15, 0.2) is 0 Å². The molecule has 2 rings (SSSR count). The highest BCUT2D eigenvalue weighted by atomic mass is 32.1. The Labute approximate surface area is 115 Å². The Balaban J connectivity index is 1.78. The minimum absolute atomic E-state index is 0.731. The smallest absolute Gasteiger partial charge is 0.0330 e. The van der Waals surface area contributed by atoms with Crippen molar-refractivity contribution < 1.29 is 0 Å². The summed E-state index contributed by atoms with van der Waals surface area (Å²) in [6.45, 7) is 11.4. The standard InChI is InChI=1S/C15H26N2S/c1-12(2)9-16-10-14-6-7-15(18-14)11-17-8-4-5-13(17)3/h6-7,12-13,16H,4-5,8-11H2,1-3H3. The molecular formula is C15H26N2S. The highest BCUT2D eigenvalue weighted by molar-refractivity contribution is 7.11. The van der Waals surface area contributed by atoms with Crippen molar-refractivity contribution in [2.45, 2.75) is 52.7 Å². The number of hydrogen-bond acceptors (Lipinski definition) is 3. The van der Waals surface area contributed by atoms with Gasteiger partial charge in [0.05, 0.1) is 0 Å². The maximum Gasteiger partial charge on any atom is 0.0330 e. The maximum atomic E-state index is 3.51. The lowest BCUT2D eigenvalue weighted by Crippen LogP contribution is -2.25. The third-order valence-corrected chi connectivity index (χ3v) is 4.69. The van der Waals surface area contributed by atoms with Crippen molar-refractivity contribution in [1.82, 2.24) is 10.2 Å². The number of rotatable bonds is 6. The average Bonchev–Trinajstić information content (AvgIpc) is 2.90. The number of nitrogens with one attached hydrogen (secondary N) is 1. The molecule has 1 aliphatic heterocycles. The summed E-state index contributed by atoms with van der Waals surface area (Å²) in [7, 11) is 0. The van der Waals surface area contributed by atoms with Crippen molar-refractivity contribution >= 4 is 11.3 Å². The molecule has 1 atom stereocenters. The van der Waals surface area contributed by atoms with Crippen molar-refractivity contribution in [3.05, 3.63) is 21.9 Å². The fourth-order valence-electron chi connectivity index (χ4n) is 2.51. The van der Waals surface area contributed by atoms with Gasteiger partial charge < -0.3 is 5.32 Å². The number of nitrogens with zero attached hydrogens (tertiary/aromatic N) is 1. The predicted octanol–water partition coefficient (Wildman–Crippen LogP) is 3.48. The molecular weight excluding hydrogens is 240 g/mol. The molecule has 0 amide bonds. The van der Waals surface area contributed by atoms with E-state index in [2.05, 4.69) is 43.1 Å². The number of hydrogen-bond donors (Lipinski definition) is 1. The largest absolute Gasteiger partial charge is 0.312 e. The molecule has 1 aliphatic rings. The molecule has 18 heavy (non-hydrogen) atoms. The van der Waals surface area contributed by atoms with Gasteiger partial charge in [-0.15, -0.1) is 11.3 Å². The van der Waals surface area contributed by atoms with Gasteiger partial charge >= 0.3 is 0 Å². The molecule has 1 aromatic rings. The van der Waals surface area contributed by atoms with Crippen LogP contribution in [0.4, 0.5) is 0 Å². The van der Waals surface area contributed by atoms with Crippen LogP contribution in [-0.2, 0) is 13.1 Å². The fraction of sp³-hybridized carbons (Fsp3) is 0.733. The van der Waals surface area contributed by atoms with Crippen molar-refractivity contribution in [2.75, 3.05) is 13.1 Å². The second-order valence-electron chi connectivity index (χ2n) is 5.85. The molecule has 2 heterocycles. The molecule has 0 aliphatic carbocycles. The highest BCUT2D eigenvalue weighted by Gasteiger charge is 2.20. The minimum atomic E-state index is 0.731. The van der Waals surface area contributed by atoms with E-state index in [1.54, 1.807) is 0 Å². The fourth-order valence-corrected chi connectivity index (χ4v) is 3.53. The lowest BCUT2D eigenvalue weighted by molar-refractivity contribution is 0.262.